The molecule has 0 atom stereocenters. The number of hydrogen-bond donors (Lipinski definition) is 1. The van der Waals surface area contributed by atoms with Crippen LogP contribution in [-0.2, 0) is 14.8 Å². The van der Waals surface area contributed by atoms with Gasteiger partial charge in [0.1, 0.15) is 39.7 Å². The van der Waals surface area contributed by atoms with Crippen LogP contribution in [0.2, 0.25) is 0 Å². The number of nitriles is 1. The van der Waals surface area contributed by atoms with Gasteiger partial charge in [0.05, 0.1) is 12.7 Å². The average Bonchev–Trinajstić information content (AvgIpc) is 2.99. The number of fused-ring (bicyclic) bond motifs is 1. The number of hydrogen-bond acceptors (Lipinski definition) is 9. The van der Waals surface area contributed by atoms with Crippen molar-refractivity contribution in [3.05, 3.63) is 72.1 Å². The van der Waals surface area contributed by atoms with Gasteiger partial charge in [-0.1, -0.05) is 12.1 Å². The number of halogens is 2. The number of methoxy groups -OCH3 is 1. The van der Waals surface area contributed by atoms with Gasteiger partial charge in [-0.15, -0.1) is 0 Å². The maximum absolute atomic E-state index is 14.3. The second kappa shape index (κ2) is 12.2. The largest absolute Gasteiger partial charge is 0.480 e. The first-order valence-corrected chi connectivity index (χ1v) is 15.4. The van der Waals surface area contributed by atoms with E-state index in [0.29, 0.717) is 65.5 Å². The fraction of sp³-hybridized carbons (Fsp3) is 0.290. The number of pyridine rings is 2. The van der Waals surface area contributed by atoms with Crippen LogP contribution >= 0.6 is 0 Å². The lowest BCUT2D eigenvalue weighted by Crippen LogP contribution is -2.50. The molecule has 11 nitrogen and oxygen atoms in total. The number of amides is 1. The van der Waals surface area contributed by atoms with Crippen LogP contribution in [0.1, 0.15) is 26.3 Å². The second-order valence-electron chi connectivity index (χ2n) is 11.3. The maximum atomic E-state index is 14.3. The zero-order valence-corrected chi connectivity index (χ0v) is 25.8. The smallest absolute Gasteiger partial charge is 0.410 e. The number of piperazine rings is 1. The highest BCUT2D eigenvalue weighted by Gasteiger charge is 2.28. The Kier molecular flexibility index (Phi) is 8.48. The first-order valence-electron chi connectivity index (χ1n) is 13.9. The molecule has 3 heterocycles. The number of nitrogens with one attached hydrogen (secondary N) is 1. The molecule has 1 aliphatic heterocycles. The molecule has 5 rings (SSSR count). The van der Waals surface area contributed by atoms with Crippen molar-refractivity contribution in [1.82, 2.24) is 14.9 Å². The molecule has 0 spiro atoms. The molecule has 0 aliphatic carbocycles. The lowest BCUT2D eigenvalue weighted by atomic mass is 10.00. The predicted octanol–water partition coefficient (Wildman–Crippen LogP) is 5.31. The summed E-state index contributed by atoms with van der Waals surface area (Å²) in [5.74, 6) is -1.62. The fourth-order valence-electron chi connectivity index (χ4n) is 4.92. The van der Waals surface area contributed by atoms with Crippen LogP contribution in [0.25, 0.3) is 21.9 Å². The van der Waals surface area contributed by atoms with Crippen molar-refractivity contribution in [3.8, 4) is 23.1 Å². The first kappa shape index (κ1) is 31.4. The van der Waals surface area contributed by atoms with Gasteiger partial charge >= 0.3 is 6.09 Å². The number of rotatable bonds is 6. The average molecular weight is 637 g/mol. The molecule has 1 N–H and O–H groups in total. The topological polar surface area (TPSA) is 138 Å². The summed E-state index contributed by atoms with van der Waals surface area (Å²) in [6.45, 7) is 7.23. The van der Waals surface area contributed by atoms with E-state index in [4.69, 9.17) is 9.47 Å². The highest BCUT2D eigenvalue weighted by molar-refractivity contribution is 7.92. The number of nitrogens with zero attached hydrogens (tertiary/aromatic N) is 5. The van der Waals surface area contributed by atoms with E-state index in [-0.39, 0.29) is 17.7 Å². The molecule has 0 saturated carbocycles. The van der Waals surface area contributed by atoms with Gasteiger partial charge in [0.15, 0.2) is 0 Å². The van der Waals surface area contributed by atoms with Gasteiger partial charge in [0.2, 0.25) is 5.88 Å². The zero-order valence-electron chi connectivity index (χ0n) is 25.0. The van der Waals surface area contributed by atoms with E-state index in [9.17, 15) is 27.3 Å². The monoisotopic (exact) mass is 636 g/mol. The van der Waals surface area contributed by atoms with Crippen LogP contribution < -0.4 is 14.4 Å². The molecule has 1 fully saturated rings. The molecular weight excluding hydrogens is 606 g/mol. The minimum absolute atomic E-state index is 0.0670. The van der Waals surface area contributed by atoms with E-state index in [1.807, 2.05) is 31.7 Å². The number of benzene rings is 2. The molecule has 45 heavy (non-hydrogen) atoms. The summed E-state index contributed by atoms with van der Waals surface area (Å²) in [6, 6.07) is 11.1. The molecule has 2 aromatic carbocycles. The molecule has 1 saturated heterocycles. The lowest BCUT2D eigenvalue weighted by Gasteiger charge is -2.36. The number of carbonyl (C=O) groups excluding carboxylic acids is 1. The van der Waals surface area contributed by atoms with E-state index in [2.05, 4.69) is 20.8 Å². The fourth-order valence-corrected chi connectivity index (χ4v) is 6.02. The summed E-state index contributed by atoms with van der Waals surface area (Å²) in [7, 11) is -3.18. The number of ether oxygens (including phenoxy) is 2. The van der Waals surface area contributed by atoms with Crippen molar-refractivity contribution in [3.63, 3.8) is 0 Å². The Bertz CT molecular complexity index is 1930. The minimum Gasteiger partial charge on any atom is -0.480 e. The van der Waals surface area contributed by atoms with Gasteiger partial charge in [-0.25, -0.2) is 32.0 Å². The van der Waals surface area contributed by atoms with E-state index >= 15 is 0 Å². The van der Waals surface area contributed by atoms with Gasteiger partial charge in [0, 0.05) is 61.0 Å². The number of sulfonamides is 1. The number of anilines is 2. The Balaban J connectivity index is 1.49. The highest BCUT2D eigenvalue weighted by Crippen LogP contribution is 2.35. The van der Waals surface area contributed by atoms with E-state index in [1.54, 1.807) is 17.0 Å². The van der Waals surface area contributed by atoms with Gasteiger partial charge in [-0.3, -0.25) is 4.72 Å². The summed E-state index contributed by atoms with van der Waals surface area (Å²) >= 11 is 0. The molecule has 234 valence electrons. The predicted molar refractivity (Wildman–Crippen MR) is 163 cm³/mol. The Morgan fingerprint density at radius 1 is 0.978 bits per heavy atom. The third-order valence-electron chi connectivity index (χ3n) is 7.02. The number of aromatic nitrogens is 2. The number of carbonyl (C=O) groups is 1. The molecule has 2 aromatic heterocycles. The normalized spacial score (nSPS) is 13.8. The maximum Gasteiger partial charge on any atom is 0.410 e. The van der Waals surface area contributed by atoms with Crippen LogP contribution in [0, 0.1) is 23.0 Å². The van der Waals surface area contributed by atoms with E-state index < -0.39 is 32.2 Å². The zero-order chi connectivity index (χ0) is 32.5. The molecule has 0 radical (unpaired) electrons. The Labute approximate surface area is 259 Å². The first-order chi connectivity index (χ1) is 21.3. The molecule has 1 aliphatic rings. The summed E-state index contributed by atoms with van der Waals surface area (Å²) in [6.07, 6.45) is 2.60. The van der Waals surface area contributed by atoms with Crippen molar-refractivity contribution in [2.75, 3.05) is 42.9 Å². The molecule has 4 aromatic rings. The molecule has 1 amide bonds. The van der Waals surface area contributed by atoms with E-state index in [1.165, 1.54) is 25.6 Å². The van der Waals surface area contributed by atoms with Crippen molar-refractivity contribution in [2.45, 2.75) is 31.3 Å². The summed E-state index contributed by atoms with van der Waals surface area (Å²) in [5.41, 5.74) is 0.800. The van der Waals surface area contributed by atoms with Crippen LogP contribution in [0.15, 0.2) is 59.8 Å². The minimum atomic E-state index is -4.48. The van der Waals surface area contributed by atoms with Gasteiger partial charge in [-0.05, 0) is 50.6 Å². The Hall–Kier alpha value is -5.03. The standard InChI is InChI=1S/C31H30F2N6O5S/c1-31(2,3)44-30(40)39-11-9-38(10-12-39)28-24-13-19(5-7-23(24)21(16-34)18-35-28)20-14-26(29(43-4)36-17-20)37-45(41,42)27-8-6-22(32)15-25(27)33/h5-8,13-15,17-18,37H,9-12H2,1-4H3. The van der Waals surface area contributed by atoms with Gasteiger partial charge in [-0.2, -0.15) is 5.26 Å². The van der Waals surface area contributed by atoms with Crippen molar-refractivity contribution >= 4 is 38.4 Å². The summed E-state index contributed by atoms with van der Waals surface area (Å²) in [4.78, 5) is 24.3. The van der Waals surface area contributed by atoms with E-state index in [0.717, 1.165) is 12.1 Å². The quantitative estimate of drug-likeness (QED) is 0.298. The molecule has 0 bridgehead atoms. The molecule has 14 heteroatoms. The van der Waals surface area contributed by atoms with Gasteiger partial charge < -0.3 is 19.3 Å². The van der Waals surface area contributed by atoms with Crippen molar-refractivity contribution in [1.29, 1.82) is 5.26 Å². The second-order valence-corrected chi connectivity index (χ2v) is 12.9. The van der Waals surface area contributed by atoms with Crippen LogP contribution in [-0.4, -0.2) is 68.3 Å². The SMILES string of the molecule is COc1ncc(-c2ccc3c(C#N)cnc(N4CCN(C(=O)OC(C)(C)C)CC4)c3c2)cc1NS(=O)(=O)c1ccc(F)cc1F. The summed E-state index contributed by atoms with van der Waals surface area (Å²) < 4.78 is 66.8. The lowest BCUT2D eigenvalue weighted by molar-refractivity contribution is 0.0240. The van der Waals surface area contributed by atoms with Crippen LogP contribution in [0.4, 0.5) is 25.1 Å². The Morgan fingerprint density at radius 3 is 2.36 bits per heavy atom. The highest BCUT2D eigenvalue weighted by atomic mass is 32.2. The molecular formula is C31H30F2N6O5S. The third kappa shape index (κ3) is 6.73. The Morgan fingerprint density at radius 2 is 1.71 bits per heavy atom. The summed E-state index contributed by atoms with van der Waals surface area (Å²) in [5, 5.41) is 11.1. The van der Waals surface area contributed by atoms with Crippen molar-refractivity contribution in [2.24, 2.45) is 0 Å². The third-order valence-corrected chi connectivity index (χ3v) is 8.42. The van der Waals surface area contributed by atoms with Crippen LogP contribution in [0.5, 0.6) is 5.88 Å². The van der Waals surface area contributed by atoms with Crippen LogP contribution in [0.3, 0.4) is 0 Å². The van der Waals surface area contributed by atoms with Crippen molar-refractivity contribution < 1.29 is 31.5 Å². The van der Waals surface area contributed by atoms with Gasteiger partial charge in [0.25, 0.3) is 10.0 Å². The molecule has 0 unspecified atom stereocenters.